The molecule has 0 spiro atoms. The Balaban J connectivity index is 2.04. The number of furan rings is 1. The number of nitriles is 1. The van der Waals surface area contributed by atoms with Crippen molar-refractivity contribution in [2.75, 3.05) is 24.2 Å². The van der Waals surface area contributed by atoms with E-state index in [4.69, 9.17) is 4.42 Å². The van der Waals surface area contributed by atoms with Crippen molar-refractivity contribution in [2.45, 2.75) is 32.0 Å². The average molecular weight is 645 g/mol. The number of carbonyl (C=O) groups excluding carboxylic acids is 2. The lowest BCUT2D eigenvalue weighted by Crippen LogP contribution is -2.42. The lowest BCUT2D eigenvalue weighted by Gasteiger charge is -2.26. The van der Waals surface area contributed by atoms with Crippen molar-refractivity contribution in [3.8, 4) is 28.5 Å². The number of anilines is 1. The third kappa shape index (κ3) is 7.43. The van der Waals surface area contributed by atoms with E-state index in [0.717, 1.165) is 18.4 Å². The number of rotatable bonds is 9. The maximum Gasteiger partial charge on any atom is 0.390 e. The van der Waals surface area contributed by atoms with Crippen molar-refractivity contribution in [3.63, 3.8) is 0 Å². The number of nitrogens with zero attached hydrogens (tertiary/aromatic N) is 2. The van der Waals surface area contributed by atoms with Crippen molar-refractivity contribution in [1.82, 2.24) is 10.6 Å². The van der Waals surface area contributed by atoms with Gasteiger partial charge in [0.15, 0.2) is 0 Å². The number of amides is 2. The average Bonchev–Trinajstić information content (AvgIpc) is 3.33. The molecule has 4 rings (SSSR count). The number of hydrogen-bond acceptors (Lipinski definition) is 6. The number of fused-ring (bicyclic) bond motifs is 1. The number of hydrogen-bond donors (Lipinski definition) is 2. The highest BCUT2D eigenvalue weighted by Crippen LogP contribution is 2.42. The molecule has 0 aliphatic rings. The molecule has 2 N–H and O–H groups in total. The van der Waals surface area contributed by atoms with Crippen molar-refractivity contribution >= 4 is 38.5 Å². The molecule has 45 heavy (non-hydrogen) atoms. The van der Waals surface area contributed by atoms with E-state index in [0.29, 0.717) is 9.87 Å². The van der Waals surface area contributed by atoms with Crippen LogP contribution in [0.4, 0.5) is 23.2 Å². The van der Waals surface area contributed by atoms with Crippen LogP contribution in [0.1, 0.15) is 41.0 Å². The van der Waals surface area contributed by atoms with Gasteiger partial charge in [-0.3, -0.25) is 13.9 Å². The highest BCUT2D eigenvalue weighted by molar-refractivity contribution is 7.92. The van der Waals surface area contributed by atoms with Crippen LogP contribution in [-0.2, 0) is 10.0 Å². The van der Waals surface area contributed by atoms with Gasteiger partial charge < -0.3 is 15.1 Å². The van der Waals surface area contributed by atoms with Crippen LogP contribution in [0.2, 0.25) is 0 Å². The van der Waals surface area contributed by atoms with Crippen molar-refractivity contribution < 1.29 is 40.0 Å². The van der Waals surface area contributed by atoms with Gasteiger partial charge in [-0.2, -0.15) is 18.4 Å². The van der Waals surface area contributed by atoms with Gasteiger partial charge >= 0.3 is 6.18 Å². The molecule has 1 heterocycles. The second-order valence-electron chi connectivity index (χ2n) is 10.7. The minimum Gasteiger partial charge on any atom is -0.455 e. The van der Waals surface area contributed by atoms with E-state index >= 15 is 0 Å². The van der Waals surface area contributed by atoms with E-state index in [-0.39, 0.29) is 44.7 Å². The predicted octanol–water partition coefficient (Wildman–Crippen LogP) is 6.02. The maximum atomic E-state index is 13.7. The molecule has 1 aromatic heterocycles. The van der Waals surface area contributed by atoms with Crippen LogP contribution in [0.25, 0.3) is 33.4 Å². The topological polar surface area (TPSA) is 133 Å². The second-order valence-corrected chi connectivity index (χ2v) is 12.6. The number of sulfonamides is 1. The smallest absolute Gasteiger partial charge is 0.390 e. The van der Waals surface area contributed by atoms with E-state index in [1.54, 1.807) is 0 Å². The van der Waals surface area contributed by atoms with Gasteiger partial charge in [-0.15, -0.1) is 0 Å². The summed E-state index contributed by atoms with van der Waals surface area (Å²) in [7, 11) is -2.95. The fourth-order valence-electron chi connectivity index (χ4n) is 4.63. The minimum atomic E-state index is -4.69. The Morgan fingerprint density at radius 3 is 2.24 bits per heavy atom. The lowest BCUT2D eigenvalue weighted by molar-refractivity contribution is -0.131. The quantitative estimate of drug-likeness (QED) is 0.214. The Hall–Kier alpha value is -4.90. The summed E-state index contributed by atoms with van der Waals surface area (Å²) in [4.78, 5) is 26.1. The molecule has 14 heteroatoms. The summed E-state index contributed by atoms with van der Waals surface area (Å²) < 4.78 is 86.1. The third-order valence-electron chi connectivity index (χ3n) is 6.78. The lowest BCUT2D eigenvalue weighted by atomic mass is 9.96. The fraction of sp³-hybridized carbons (Fsp3) is 0.258. The molecule has 4 aromatic rings. The van der Waals surface area contributed by atoms with Crippen LogP contribution in [0, 0.1) is 17.1 Å². The standard InChI is InChI=1S/C31H28F4N4O5S/c1-30(2,17-36)38-28(40)20-7-5-6-19(14-20)22-15-23-25(16-24(22)39(45(4,42)43)13-12-31(33,34)35)44-27(26(23)29(41)37-3)18-8-10-21(32)11-9-18/h5-11,14-16H,12-13H2,1-4H3,(H,37,41)(H,38,40). The first kappa shape index (κ1) is 33.0. The van der Waals surface area contributed by atoms with Crippen LogP contribution in [0.5, 0.6) is 0 Å². The summed E-state index contributed by atoms with van der Waals surface area (Å²) in [6, 6.07) is 15.4. The SMILES string of the molecule is CNC(=O)c1c(-c2ccc(F)cc2)oc2cc(N(CCC(F)(F)F)S(C)(=O)=O)c(-c3cccc(C(=O)NC(C)(C)C#N)c3)cc12. The van der Waals surface area contributed by atoms with Crippen LogP contribution < -0.4 is 14.9 Å². The summed E-state index contributed by atoms with van der Waals surface area (Å²) in [6.45, 7) is 2.01. The zero-order valence-electron chi connectivity index (χ0n) is 24.5. The molecule has 236 valence electrons. The molecule has 0 saturated heterocycles. The number of benzene rings is 3. The molecular weight excluding hydrogens is 616 g/mol. The van der Waals surface area contributed by atoms with Gasteiger partial charge in [0.2, 0.25) is 10.0 Å². The molecule has 0 atom stereocenters. The van der Waals surface area contributed by atoms with Gasteiger partial charge in [-0.1, -0.05) is 12.1 Å². The summed E-state index contributed by atoms with van der Waals surface area (Å²) in [5.41, 5.74) is -0.762. The normalized spacial score (nSPS) is 12.1. The summed E-state index contributed by atoms with van der Waals surface area (Å²) in [5, 5.41) is 14.6. The van der Waals surface area contributed by atoms with E-state index in [2.05, 4.69) is 10.6 Å². The van der Waals surface area contributed by atoms with Gasteiger partial charge in [-0.05, 0) is 61.9 Å². The number of halogens is 4. The van der Waals surface area contributed by atoms with Gasteiger partial charge in [0.25, 0.3) is 11.8 Å². The first-order chi connectivity index (χ1) is 20.9. The fourth-order valence-corrected chi connectivity index (χ4v) is 5.56. The van der Waals surface area contributed by atoms with Crippen LogP contribution >= 0.6 is 0 Å². The molecule has 0 bridgehead atoms. The van der Waals surface area contributed by atoms with Gasteiger partial charge in [-0.25, -0.2) is 12.8 Å². The number of alkyl halides is 3. The molecule has 0 unspecified atom stereocenters. The van der Waals surface area contributed by atoms with E-state index in [1.807, 2.05) is 6.07 Å². The van der Waals surface area contributed by atoms with E-state index in [1.165, 1.54) is 69.4 Å². The molecule has 0 aliphatic heterocycles. The summed E-state index contributed by atoms with van der Waals surface area (Å²) in [5.74, 6) is -1.76. The monoisotopic (exact) mass is 644 g/mol. The molecule has 9 nitrogen and oxygen atoms in total. The van der Waals surface area contributed by atoms with Crippen LogP contribution in [0.15, 0.2) is 65.1 Å². The van der Waals surface area contributed by atoms with Crippen molar-refractivity contribution in [2.24, 2.45) is 0 Å². The first-order valence-electron chi connectivity index (χ1n) is 13.4. The van der Waals surface area contributed by atoms with Crippen LogP contribution in [0.3, 0.4) is 0 Å². The molecular formula is C31H28F4N4O5S. The maximum absolute atomic E-state index is 13.7. The summed E-state index contributed by atoms with van der Waals surface area (Å²) in [6.07, 6.45) is -5.40. The van der Waals surface area contributed by atoms with Crippen LogP contribution in [-0.4, -0.2) is 51.8 Å². The Morgan fingerprint density at radius 2 is 1.67 bits per heavy atom. The molecule has 0 aliphatic carbocycles. The molecule has 2 amide bonds. The summed E-state index contributed by atoms with van der Waals surface area (Å²) >= 11 is 0. The van der Waals surface area contributed by atoms with Gasteiger partial charge in [0, 0.05) is 41.7 Å². The Morgan fingerprint density at radius 1 is 1.00 bits per heavy atom. The molecule has 0 radical (unpaired) electrons. The van der Waals surface area contributed by atoms with E-state index < -0.39 is 52.3 Å². The number of carbonyl (C=O) groups is 2. The highest BCUT2D eigenvalue weighted by Gasteiger charge is 2.33. The highest BCUT2D eigenvalue weighted by atomic mass is 32.2. The Kier molecular flexibility index (Phi) is 8.98. The molecule has 3 aromatic carbocycles. The Labute approximate surface area is 256 Å². The predicted molar refractivity (Wildman–Crippen MR) is 160 cm³/mol. The number of nitrogens with one attached hydrogen (secondary N) is 2. The molecule has 0 fully saturated rings. The van der Waals surface area contributed by atoms with Crippen molar-refractivity contribution in [1.29, 1.82) is 5.26 Å². The third-order valence-corrected chi connectivity index (χ3v) is 7.96. The zero-order chi connectivity index (χ0) is 33.3. The van der Waals surface area contributed by atoms with Gasteiger partial charge in [0.05, 0.1) is 30.0 Å². The van der Waals surface area contributed by atoms with Gasteiger partial charge in [0.1, 0.15) is 22.7 Å². The minimum absolute atomic E-state index is 0.0118. The van der Waals surface area contributed by atoms with Crippen molar-refractivity contribution in [3.05, 3.63) is 77.6 Å². The van der Waals surface area contributed by atoms with E-state index in [9.17, 15) is 40.8 Å². The second kappa shape index (κ2) is 12.2. The molecule has 0 saturated carbocycles. The largest absolute Gasteiger partial charge is 0.455 e. The first-order valence-corrected chi connectivity index (χ1v) is 15.3. The Bertz CT molecular complexity index is 1930. The zero-order valence-corrected chi connectivity index (χ0v) is 25.4.